The van der Waals surface area contributed by atoms with Crippen LogP contribution >= 0.6 is 0 Å². The molecule has 4 nitrogen and oxygen atoms in total. The minimum atomic E-state index is 0.508. The Labute approximate surface area is 117 Å². The maximum absolute atomic E-state index is 5.42. The molecular formula is C15H29N3O. The van der Waals surface area contributed by atoms with Crippen molar-refractivity contribution in [1.82, 2.24) is 14.9 Å². The predicted octanol–water partition coefficient (Wildman–Crippen LogP) is 2.63. The number of aromatic nitrogens is 2. The predicted molar refractivity (Wildman–Crippen MR) is 79.4 cm³/mol. The molecule has 0 aliphatic heterocycles. The van der Waals surface area contributed by atoms with Crippen molar-refractivity contribution < 1.29 is 4.74 Å². The molecule has 1 rings (SSSR count). The number of ether oxygens (including phenoxy) is 1. The van der Waals surface area contributed by atoms with Crippen LogP contribution < -0.4 is 5.32 Å². The van der Waals surface area contributed by atoms with Gasteiger partial charge in [-0.3, -0.25) is 0 Å². The van der Waals surface area contributed by atoms with E-state index in [2.05, 4.69) is 34.9 Å². The smallest absolute Gasteiger partial charge is 0.110 e. The second kappa shape index (κ2) is 9.98. The lowest BCUT2D eigenvalue weighted by atomic mass is 10.1. The third-order valence-electron chi connectivity index (χ3n) is 3.30. The van der Waals surface area contributed by atoms with Crippen molar-refractivity contribution >= 4 is 0 Å². The lowest BCUT2D eigenvalue weighted by Gasteiger charge is -2.18. The summed E-state index contributed by atoms with van der Waals surface area (Å²) >= 11 is 0. The van der Waals surface area contributed by atoms with Crippen LogP contribution in [0.5, 0.6) is 0 Å². The highest BCUT2D eigenvalue weighted by Crippen LogP contribution is 2.07. The number of nitrogens with zero attached hydrogens (tertiary/aromatic N) is 2. The summed E-state index contributed by atoms with van der Waals surface area (Å²) in [6.07, 6.45) is 8.40. The molecule has 1 atom stereocenters. The first-order chi connectivity index (χ1) is 9.31. The minimum Gasteiger partial charge on any atom is -0.382 e. The third kappa shape index (κ3) is 6.21. The molecule has 0 aliphatic carbocycles. The van der Waals surface area contributed by atoms with Gasteiger partial charge in [0.05, 0.1) is 0 Å². The van der Waals surface area contributed by atoms with Gasteiger partial charge in [0, 0.05) is 44.6 Å². The van der Waals surface area contributed by atoms with Gasteiger partial charge in [-0.05, 0) is 39.7 Å². The summed E-state index contributed by atoms with van der Waals surface area (Å²) in [6, 6.07) is 0.508. The fourth-order valence-electron chi connectivity index (χ4n) is 2.24. The molecule has 1 N–H and O–H groups in total. The summed E-state index contributed by atoms with van der Waals surface area (Å²) in [5.74, 6) is 1.19. The molecule has 1 heterocycles. The van der Waals surface area contributed by atoms with Gasteiger partial charge in [-0.2, -0.15) is 0 Å². The molecule has 0 spiro atoms. The first-order valence-corrected chi connectivity index (χ1v) is 7.62. The summed E-state index contributed by atoms with van der Waals surface area (Å²) in [5.41, 5.74) is 0. The number of hydrogen-bond donors (Lipinski definition) is 1. The molecule has 0 radical (unpaired) electrons. The summed E-state index contributed by atoms with van der Waals surface area (Å²) in [5, 5.41) is 3.63. The number of imidazole rings is 1. The molecule has 1 unspecified atom stereocenters. The standard InChI is InChI=1S/C15H29N3O/c1-4-9-16-14(8-7-12-19-6-3)13-15-17-10-11-18(15)5-2/h10-11,14,16H,4-9,12-13H2,1-3H3. The summed E-state index contributed by atoms with van der Waals surface area (Å²) in [4.78, 5) is 4.47. The molecule has 0 bridgehead atoms. The van der Waals surface area contributed by atoms with E-state index in [9.17, 15) is 0 Å². The van der Waals surface area contributed by atoms with Crippen molar-refractivity contribution in [3.05, 3.63) is 18.2 Å². The molecule has 1 aromatic rings. The fraction of sp³-hybridized carbons (Fsp3) is 0.800. The van der Waals surface area contributed by atoms with Crippen LogP contribution in [-0.4, -0.2) is 35.4 Å². The number of rotatable bonds is 11. The van der Waals surface area contributed by atoms with E-state index in [1.807, 2.05) is 13.1 Å². The summed E-state index contributed by atoms with van der Waals surface area (Å²) < 4.78 is 7.65. The van der Waals surface area contributed by atoms with Crippen LogP contribution in [-0.2, 0) is 17.7 Å². The highest BCUT2D eigenvalue weighted by atomic mass is 16.5. The maximum Gasteiger partial charge on any atom is 0.110 e. The molecule has 0 aromatic carbocycles. The van der Waals surface area contributed by atoms with Crippen LogP contribution in [0.1, 0.15) is 45.9 Å². The van der Waals surface area contributed by atoms with E-state index < -0.39 is 0 Å². The van der Waals surface area contributed by atoms with Gasteiger partial charge in [0.25, 0.3) is 0 Å². The molecule has 0 fully saturated rings. The zero-order valence-corrected chi connectivity index (χ0v) is 12.7. The van der Waals surface area contributed by atoms with E-state index in [0.717, 1.165) is 45.6 Å². The Hall–Kier alpha value is -0.870. The van der Waals surface area contributed by atoms with E-state index in [4.69, 9.17) is 4.74 Å². The van der Waals surface area contributed by atoms with Gasteiger partial charge >= 0.3 is 0 Å². The van der Waals surface area contributed by atoms with Crippen LogP contribution in [0.4, 0.5) is 0 Å². The Morgan fingerprint density at radius 2 is 2.21 bits per heavy atom. The number of hydrogen-bond acceptors (Lipinski definition) is 3. The summed E-state index contributed by atoms with van der Waals surface area (Å²) in [7, 11) is 0. The first-order valence-electron chi connectivity index (χ1n) is 7.62. The molecule has 4 heteroatoms. The van der Waals surface area contributed by atoms with Crippen LogP contribution in [0.2, 0.25) is 0 Å². The van der Waals surface area contributed by atoms with E-state index >= 15 is 0 Å². The highest BCUT2D eigenvalue weighted by Gasteiger charge is 2.12. The van der Waals surface area contributed by atoms with E-state index in [0.29, 0.717) is 6.04 Å². The van der Waals surface area contributed by atoms with Crippen molar-refractivity contribution in [1.29, 1.82) is 0 Å². The van der Waals surface area contributed by atoms with E-state index in [1.165, 1.54) is 12.2 Å². The molecule has 0 aliphatic rings. The van der Waals surface area contributed by atoms with Crippen molar-refractivity contribution in [2.24, 2.45) is 0 Å². The molecule has 0 amide bonds. The monoisotopic (exact) mass is 267 g/mol. The average molecular weight is 267 g/mol. The Kier molecular flexibility index (Phi) is 8.50. The zero-order valence-electron chi connectivity index (χ0n) is 12.7. The SMILES string of the molecule is CCCNC(CCCOCC)Cc1nccn1CC. The lowest BCUT2D eigenvalue weighted by Crippen LogP contribution is -2.33. The van der Waals surface area contributed by atoms with Crippen LogP contribution in [0, 0.1) is 0 Å². The van der Waals surface area contributed by atoms with Gasteiger partial charge in [-0.25, -0.2) is 4.98 Å². The minimum absolute atomic E-state index is 0.508. The molecule has 0 saturated heterocycles. The quantitative estimate of drug-likeness (QED) is 0.626. The Morgan fingerprint density at radius 3 is 2.89 bits per heavy atom. The van der Waals surface area contributed by atoms with E-state index in [1.54, 1.807) is 0 Å². The molecule has 19 heavy (non-hydrogen) atoms. The molecule has 0 saturated carbocycles. The van der Waals surface area contributed by atoms with Crippen LogP contribution in [0.25, 0.3) is 0 Å². The van der Waals surface area contributed by atoms with Gasteiger partial charge in [-0.1, -0.05) is 6.92 Å². The molecular weight excluding hydrogens is 238 g/mol. The lowest BCUT2D eigenvalue weighted by molar-refractivity contribution is 0.140. The molecule has 110 valence electrons. The topological polar surface area (TPSA) is 39.1 Å². The fourth-order valence-corrected chi connectivity index (χ4v) is 2.24. The van der Waals surface area contributed by atoms with Gasteiger partial charge in [-0.15, -0.1) is 0 Å². The van der Waals surface area contributed by atoms with Gasteiger partial charge in [0.15, 0.2) is 0 Å². The number of nitrogens with one attached hydrogen (secondary N) is 1. The Bertz CT molecular complexity index is 325. The van der Waals surface area contributed by atoms with E-state index in [-0.39, 0.29) is 0 Å². The van der Waals surface area contributed by atoms with Gasteiger partial charge in [0.1, 0.15) is 5.82 Å². The van der Waals surface area contributed by atoms with Crippen molar-refractivity contribution in [3.8, 4) is 0 Å². The second-order valence-electron chi connectivity index (χ2n) is 4.82. The van der Waals surface area contributed by atoms with Gasteiger partial charge < -0.3 is 14.6 Å². The van der Waals surface area contributed by atoms with Crippen molar-refractivity contribution in [2.45, 2.75) is 59.0 Å². The number of aryl methyl sites for hydroxylation is 1. The third-order valence-corrected chi connectivity index (χ3v) is 3.30. The Morgan fingerprint density at radius 1 is 1.37 bits per heavy atom. The maximum atomic E-state index is 5.42. The largest absolute Gasteiger partial charge is 0.382 e. The van der Waals surface area contributed by atoms with Crippen molar-refractivity contribution in [2.75, 3.05) is 19.8 Å². The molecule has 1 aromatic heterocycles. The normalized spacial score (nSPS) is 12.8. The summed E-state index contributed by atoms with van der Waals surface area (Å²) in [6.45, 7) is 10.2. The van der Waals surface area contributed by atoms with Crippen LogP contribution in [0.15, 0.2) is 12.4 Å². The average Bonchev–Trinajstić information content (AvgIpc) is 2.87. The second-order valence-corrected chi connectivity index (χ2v) is 4.82. The highest BCUT2D eigenvalue weighted by molar-refractivity contribution is 4.95. The van der Waals surface area contributed by atoms with Crippen LogP contribution in [0.3, 0.4) is 0 Å². The van der Waals surface area contributed by atoms with Crippen molar-refractivity contribution in [3.63, 3.8) is 0 Å². The Balaban J connectivity index is 2.43. The van der Waals surface area contributed by atoms with Gasteiger partial charge in [0.2, 0.25) is 0 Å². The zero-order chi connectivity index (χ0) is 13.9. The first kappa shape index (κ1) is 16.2.